The summed E-state index contributed by atoms with van der Waals surface area (Å²) in [7, 11) is -4.01. The maximum absolute atomic E-state index is 13.2. The number of carbonyl (C=O) groups is 1. The number of fused-ring (bicyclic) bond motifs is 5. The van der Waals surface area contributed by atoms with Crippen molar-refractivity contribution in [2.45, 2.75) is 115 Å². The molecule has 0 amide bonds. The van der Waals surface area contributed by atoms with E-state index in [4.69, 9.17) is 21.2 Å². The lowest BCUT2D eigenvalue weighted by Crippen LogP contribution is -2.54. The summed E-state index contributed by atoms with van der Waals surface area (Å²) in [5.41, 5.74) is 1.72. The molecule has 8 heteroatoms. The number of nitrogens with zero attached hydrogens (tertiary/aromatic N) is 1. The van der Waals surface area contributed by atoms with Crippen LogP contribution in [0.4, 0.5) is 0 Å². The number of benzene rings is 2. The minimum Gasteiger partial charge on any atom is -0.459 e. The lowest BCUT2D eigenvalue weighted by molar-refractivity contribution is -0.130. The predicted molar refractivity (Wildman–Crippen MR) is 179 cm³/mol. The minimum absolute atomic E-state index is 0.00434. The highest BCUT2D eigenvalue weighted by molar-refractivity contribution is 7.89. The highest BCUT2D eigenvalue weighted by atomic mass is 35.5. The van der Waals surface area contributed by atoms with E-state index in [1.165, 1.54) is 75.6 Å². The Labute approximate surface area is 280 Å². The molecule has 5 aliphatic rings. The largest absolute Gasteiger partial charge is 0.459 e. The first-order valence-electron chi connectivity index (χ1n) is 17.7. The van der Waals surface area contributed by atoms with Crippen LogP contribution in [0.25, 0.3) is 0 Å². The van der Waals surface area contributed by atoms with Gasteiger partial charge in [0.1, 0.15) is 6.10 Å². The molecule has 0 radical (unpaired) electrons. The summed E-state index contributed by atoms with van der Waals surface area (Å²) >= 11 is 6.46. The number of ether oxygens (including phenoxy) is 1. The molecule has 2 aromatic carbocycles. The Morgan fingerprint density at radius 3 is 2.37 bits per heavy atom. The van der Waals surface area contributed by atoms with E-state index in [1.807, 2.05) is 6.07 Å². The zero-order chi connectivity index (χ0) is 32.5. The SMILES string of the molecule is CCC[C@@H](C)[C@H]1CCC2C3CCC4CC(OC(=O)c5ccc(S(=O)(=O)N6OC6(Cl)c6ccccc6)cc5)CC[C@]4(C)C3CC[C@@]21C. The molecule has 0 aromatic heterocycles. The molecule has 2 aromatic rings. The van der Waals surface area contributed by atoms with E-state index in [-0.39, 0.29) is 11.0 Å². The second-order valence-electron chi connectivity index (χ2n) is 15.7. The third-order valence-corrected chi connectivity index (χ3v) is 15.7. The van der Waals surface area contributed by atoms with Gasteiger partial charge in [-0.2, -0.15) is 0 Å². The Kier molecular flexibility index (Phi) is 8.43. The molecule has 0 N–H and O–H groups in total. The first kappa shape index (κ1) is 32.6. The quantitative estimate of drug-likeness (QED) is 0.121. The van der Waals surface area contributed by atoms with Crippen LogP contribution in [0, 0.1) is 46.3 Å². The highest BCUT2D eigenvalue weighted by Gasteiger charge is 2.63. The summed E-state index contributed by atoms with van der Waals surface area (Å²) in [4.78, 5) is 18.6. The Balaban J connectivity index is 0.972. The monoisotopic (exact) mass is 667 g/mol. The average Bonchev–Trinajstić information content (AvgIpc) is 3.64. The van der Waals surface area contributed by atoms with E-state index in [0.29, 0.717) is 27.9 Å². The Morgan fingerprint density at radius 1 is 0.957 bits per heavy atom. The van der Waals surface area contributed by atoms with E-state index in [2.05, 4.69) is 27.7 Å². The first-order valence-corrected chi connectivity index (χ1v) is 19.5. The number of sulfonamides is 1. The molecule has 7 rings (SSSR count). The van der Waals surface area contributed by atoms with Crippen molar-refractivity contribution in [1.82, 2.24) is 4.47 Å². The fourth-order valence-electron chi connectivity index (χ4n) is 11.1. The fourth-order valence-corrected chi connectivity index (χ4v) is 12.9. The number of hydrogen-bond donors (Lipinski definition) is 0. The van der Waals surface area contributed by atoms with Crippen LogP contribution in [-0.2, 0) is 24.8 Å². The van der Waals surface area contributed by atoms with E-state index in [0.717, 1.165) is 53.3 Å². The Bertz CT molecular complexity index is 1550. The van der Waals surface area contributed by atoms with Crippen molar-refractivity contribution < 1.29 is 22.8 Å². The second kappa shape index (κ2) is 11.9. The molecule has 250 valence electrons. The number of hydrogen-bond acceptors (Lipinski definition) is 5. The zero-order valence-corrected chi connectivity index (χ0v) is 29.4. The predicted octanol–water partition coefficient (Wildman–Crippen LogP) is 9.29. The van der Waals surface area contributed by atoms with Gasteiger partial charge in [-0.1, -0.05) is 82.5 Å². The number of esters is 1. The van der Waals surface area contributed by atoms with Gasteiger partial charge in [0, 0.05) is 5.56 Å². The molecule has 11 atom stereocenters. The molecule has 4 aliphatic carbocycles. The maximum Gasteiger partial charge on any atom is 0.338 e. The van der Waals surface area contributed by atoms with Crippen LogP contribution in [0.15, 0.2) is 59.5 Å². The Hall–Kier alpha value is -1.93. The smallest absolute Gasteiger partial charge is 0.338 e. The van der Waals surface area contributed by atoms with Gasteiger partial charge in [0.25, 0.3) is 15.2 Å². The summed E-state index contributed by atoms with van der Waals surface area (Å²) in [5, 5.41) is -1.56. The summed E-state index contributed by atoms with van der Waals surface area (Å²) < 4.78 is 33.3. The van der Waals surface area contributed by atoms with Gasteiger partial charge >= 0.3 is 5.97 Å². The molecule has 0 bridgehead atoms. The van der Waals surface area contributed by atoms with Crippen molar-refractivity contribution >= 4 is 27.6 Å². The Morgan fingerprint density at radius 2 is 1.65 bits per heavy atom. The van der Waals surface area contributed by atoms with Gasteiger partial charge in [-0.15, -0.1) is 0 Å². The van der Waals surface area contributed by atoms with Gasteiger partial charge in [-0.3, -0.25) is 0 Å². The molecule has 4 saturated carbocycles. The van der Waals surface area contributed by atoms with Crippen molar-refractivity contribution in [3.63, 3.8) is 0 Å². The topological polar surface area (TPSA) is 76.0 Å². The number of alkyl halides is 1. The molecular formula is C38H50ClNO5S. The lowest BCUT2D eigenvalue weighted by Gasteiger charge is -2.61. The van der Waals surface area contributed by atoms with Crippen LogP contribution in [-0.4, -0.2) is 25.0 Å². The molecule has 0 spiro atoms. The van der Waals surface area contributed by atoms with Crippen molar-refractivity contribution in [3.05, 3.63) is 65.7 Å². The van der Waals surface area contributed by atoms with Gasteiger partial charge in [-0.05, 0) is 133 Å². The van der Waals surface area contributed by atoms with E-state index in [9.17, 15) is 13.2 Å². The lowest BCUT2D eigenvalue weighted by atomic mass is 9.44. The van der Waals surface area contributed by atoms with Gasteiger partial charge < -0.3 is 4.74 Å². The maximum atomic E-state index is 13.2. The summed E-state index contributed by atoms with van der Waals surface area (Å²) in [6.45, 7) is 10.1. The summed E-state index contributed by atoms with van der Waals surface area (Å²) in [6, 6.07) is 14.7. The third-order valence-electron chi connectivity index (χ3n) is 13.5. The number of rotatable bonds is 8. The molecule has 7 unspecified atom stereocenters. The minimum atomic E-state index is -4.01. The molecular weight excluding hydrogens is 618 g/mol. The van der Waals surface area contributed by atoms with Crippen LogP contribution >= 0.6 is 11.6 Å². The number of hydroxylamine groups is 1. The third kappa shape index (κ3) is 5.27. The van der Waals surface area contributed by atoms with Crippen molar-refractivity contribution in [3.8, 4) is 0 Å². The second-order valence-corrected chi connectivity index (χ2v) is 18.0. The van der Waals surface area contributed by atoms with Crippen LogP contribution in [0.5, 0.6) is 0 Å². The van der Waals surface area contributed by atoms with Crippen molar-refractivity contribution in [2.75, 3.05) is 0 Å². The van der Waals surface area contributed by atoms with Gasteiger partial charge in [0.05, 0.1) is 10.5 Å². The molecule has 1 saturated heterocycles. The van der Waals surface area contributed by atoms with Crippen molar-refractivity contribution in [2.24, 2.45) is 46.3 Å². The van der Waals surface area contributed by atoms with Gasteiger partial charge in [0.2, 0.25) is 0 Å². The molecule has 6 nitrogen and oxygen atoms in total. The summed E-state index contributed by atoms with van der Waals surface area (Å²) in [5.74, 6) is 4.42. The number of carbonyl (C=O) groups excluding carboxylic acids is 1. The molecule has 1 heterocycles. The van der Waals surface area contributed by atoms with Crippen LogP contribution in [0.2, 0.25) is 0 Å². The van der Waals surface area contributed by atoms with Gasteiger partial charge in [-0.25, -0.2) is 18.0 Å². The normalized spacial score (nSPS) is 40.7. The van der Waals surface area contributed by atoms with Crippen LogP contribution in [0.1, 0.15) is 114 Å². The van der Waals surface area contributed by atoms with Gasteiger partial charge in [0.15, 0.2) is 0 Å². The fraction of sp³-hybridized carbons (Fsp3) is 0.658. The van der Waals surface area contributed by atoms with E-state index >= 15 is 0 Å². The molecule has 1 aliphatic heterocycles. The van der Waals surface area contributed by atoms with E-state index in [1.54, 1.807) is 24.3 Å². The average molecular weight is 668 g/mol. The van der Waals surface area contributed by atoms with Crippen LogP contribution in [0.3, 0.4) is 0 Å². The molecule has 5 fully saturated rings. The van der Waals surface area contributed by atoms with Crippen LogP contribution < -0.4 is 0 Å². The molecule has 46 heavy (non-hydrogen) atoms. The standard InChI is InChI=1S/C38H50ClNO5S/c1-5-9-25(2)32-18-19-33-31-17-14-28-24-29(20-22-36(28,3)34(31)21-23-37(32,33)4)44-35(41)26-12-15-30(16-13-26)46(42,43)40-38(39,45-40)27-10-7-6-8-11-27/h6-8,10-13,15-16,25,28-29,31-34H,5,9,14,17-24H2,1-4H3/t25-,28?,29?,31?,32-,33?,34?,36+,37-,38?,40?/m1/s1. The highest BCUT2D eigenvalue weighted by Crippen LogP contribution is 2.68. The van der Waals surface area contributed by atoms with Crippen molar-refractivity contribution in [1.29, 1.82) is 0 Å². The zero-order valence-electron chi connectivity index (χ0n) is 27.8. The van der Waals surface area contributed by atoms with E-state index < -0.39 is 21.2 Å². The number of halogens is 1. The summed E-state index contributed by atoms with van der Waals surface area (Å²) in [6.07, 6.45) is 13.6. The first-order chi connectivity index (χ1) is 21.9.